The lowest BCUT2D eigenvalue weighted by molar-refractivity contribution is -0.145. The molecule has 0 amide bonds. The third-order valence-corrected chi connectivity index (χ3v) is 3.21. The van der Waals surface area contributed by atoms with Gasteiger partial charge in [-0.25, -0.2) is 4.98 Å². The molecule has 0 saturated heterocycles. The first-order chi connectivity index (χ1) is 9.71. The summed E-state index contributed by atoms with van der Waals surface area (Å²) in [7, 11) is 0. The van der Waals surface area contributed by atoms with Crippen molar-refractivity contribution in [2.24, 2.45) is 0 Å². The van der Waals surface area contributed by atoms with Crippen LogP contribution in [-0.2, 0) is 9.53 Å². The Balaban J connectivity index is 2.56. The van der Waals surface area contributed by atoms with Crippen LogP contribution in [0.15, 0.2) is 30.3 Å². The highest BCUT2D eigenvalue weighted by molar-refractivity contribution is 5.84. The van der Waals surface area contributed by atoms with E-state index in [0.29, 0.717) is 24.3 Å². The van der Waals surface area contributed by atoms with Crippen LogP contribution < -0.4 is 0 Å². The van der Waals surface area contributed by atoms with Gasteiger partial charge >= 0.3 is 5.97 Å². The Hall–Kier alpha value is -2.41. The first-order valence-electron chi connectivity index (χ1n) is 6.67. The van der Waals surface area contributed by atoms with Crippen molar-refractivity contribution < 1.29 is 9.53 Å². The molecule has 0 aliphatic rings. The molecule has 0 bridgehead atoms. The lowest BCUT2D eigenvalue weighted by Gasteiger charge is -2.15. The molecular weight excluding hydrogens is 252 g/mol. The van der Waals surface area contributed by atoms with Crippen molar-refractivity contribution in [3.05, 3.63) is 41.6 Å². The van der Waals surface area contributed by atoms with E-state index in [1.54, 1.807) is 6.92 Å². The molecule has 0 radical (unpaired) electrons. The van der Waals surface area contributed by atoms with Crippen molar-refractivity contribution in [3.8, 4) is 6.07 Å². The van der Waals surface area contributed by atoms with Crippen LogP contribution in [0, 0.1) is 11.3 Å². The van der Waals surface area contributed by atoms with Crippen molar-refractivity contribution in [2.75, 3.05) is 6.61 Å². The first kappa shape index (κ1) is 14.0. The summed E-state index contributed by atoms with van der Waals surface area (Å²) in [5.74, 6) is -0.745. The lowest BCUT2D eigenvalue weighted by atomic mass is 9.94. The average Bonchev–Trinajstić information content (AvgIpc) is 2.47. The molecule has 20 heavy (non-hydrogen) atoms. The molecular formula is C16H16N2O2. The molecule has 0 aliphatic heterocycles. The second kappa shape index (κ2) is 6.16. The summed E-state index contributed by atoms with van der Waals surface area (Å²) in [6.45, 7) is 4.00. The largest absolute Gasteiger partial charge is 0.466 e. The molecule has 1 heterocycles. The maximum atomic E-state index is 12.0. The molecule has 1 aromatic carbocycles. The highest BCUT2D eigenvalue weighted by atomic mass is 16.5. The summed E-state index contributed by atoms with van der Waals surface area (Å²) in [5, 5.41) is 10.2. The second-order valence-electron chi connectivity index (χ2n) is 4.44. The summed E-state index contributed by atoms with van der Waals surface area (Å²) < 4.78 is 5.08. The molecule has 102 valence electrons. The van der Waals surface area contributed by atoms with Gasteiger partial charge in [-0.15, -0.1) is 0 Å². The Morgan fingerprint density at radius 3 is 2.80 bits per heavy atom. The van der Waals surface area contributed by atoms with Crippen LogP contribution in [0.5, 0.6) is 0 Å². The number of ether oxygens (including phenoxy) is 1. The van der Waals surface area contributed by atoms with E-state index < -0.39 is 5.92 Å². The van der Waals surface area contributed by atoms with Gasteiger partial charge in [-0.2, -0.15) is 5.26 Å². The Bertz CT molecular complexity index is 674. The van der Waals surface area contributed by atoms with Gasteiger partial charge in [0.25, 0.3) is 0 Å². The average molecular weight is 268 g/mol. The highest BCUT2D eigenvalue weighted by Gasteiger charge is 2.24. The first-order valence-corrected chi connectivity index (χ1v) is 6.67. The molecule has 2 rings (SSSR count). The number of rotatable bonds is 4. The minimum absolute atomic E-state index is 0.295. The molecule has 2 aromatic rings. The van der Waals surface area contributed by atoms with Crippen molar-refractivity contribution >= 4 is 16.9 Å². The normalized spacial score (nSPS) is 11.8. The standard InChI is InChI=1S/C16H16N2O2/c1-3-12(16(19)20-4-2)13-9-11-7-5-6-8-14(11)18-15(13)10-17/h5-9,12H,3-4H2,1-2H3. The Labute approximate surface area is 118 Å². The molecule has 1 unspecified atom stereocenters. The van der Waals surface area contributed by atoms with Crippen LogP contribution in [0.25, 0.3) is 10.9 Å². The Morgan fingerprint density at radius 2 is 2.15 bits per heavy atom. The zero-order valence-electron chi connectivity index (χ0n) is 11.6. The van der Waals surface area contributed by atoms with E-state index in [4.69, 9.17) is 4.74 Å². The fourth-order valence-corrected chi connectivity index (χ4v) is 2.24. The number of aromatic nitrogens is 1. The van der Waals surface area contributed by atoms with Crippen molar-refractivity contribution in [3.63, 3.8) is 0 Å². The van der Waals surface area contributed by atoms with E-state index in [2.05, 4.69) is 11.1 Å². The van der Waals surface area contributed by atoms with Crippen LogP contribution >= 0.6 is 0 Å². The van der Waals surface area contributed by atoms with Gasteiger partial charge in [0.2, 0.25) is 0 Å². The monoisotopic (exact) mass is 268 g/mol. The molecule has 0 N–H and O–H groups in total. The van der Waals surface area contributed by atoms with E-state index in [1.165, 1.54) is 0 Å². The number of carbonyl (C=O) groups is 1. The number of fused-ring (bicyclic) bond motifs is 1. The van der Waals surface area contributed by atoms with Gasteiger partial charge in [0, 0.05) is 10.9 Å². The fraction of sp³-hybridized carbons (Fsp3) is 0.312. The van der Waals surface area contributed by atoms with Crippen molar-refractivity contribution in [2.45, 2.75) is 26.2 Å². The van der Waals surface area contributed by atoms with Crippen molar-refractivity contribution in [1.29, 1.82) is 5.26 Å². The third kappa shape index (κ3) is 2.62. The number of hydrogen-bond donors (Lipinski definition) is 0. The number of nitriles is 1. The lowest BCUT2D eigenvalue weighted by Crippen LogP contribution is -2.17. The van der Waals surface area contributed by atoms with Gasteiger partial charge in [0.1, 0.15) is 11.8 Å². The van der Waals surface area contributed by atoms with Gasteiger partial charge in [-0.1, -0.05) is 25.1 Å². The van der Waals surface area contributed by atoms with E-state index >= 15 is 0 Å². The highest BCUT2D eigenvalue weighted by Crippen LogP contribution is 2.27. The molecule has 0 saturated carbocycles. The summed E-state index contributed by atoms with van der Waals surface area (Å²) in [6.07, 6.45) is 0.577. The summed E-state index contributed by atoms with van der Waals surface area (Å²) in [5.41, 5.74) is 1.70. The predicted molar refractivity (Wildman–Crippen MR) is 76.1 cm³/mol. The molecule has 4 nitrogen and oxygen atoms in total. The smallest absolute Gasteiger partial charge is 0.313 e. The quantitative estimate of drug-likeness (QED) is 0.799. The van der Waals surface area contributed by atoms with Crippen LogP contribution in [0.1, 0.15) is 37.4 Å². The molecule has 4 heteroatoms. The predicted octanol–water partition coefficient (Wildman–Crippen LogP) is 3.16. The number of hydrogen-bond acceptors (Lipinski definition) is 4. The van der Waals surface area contributed by atoms with E-state index in [9.17, 15) is 10.1 Å². The molecule has 0 aliphatic carbocycles. The maximum Gasteiger partial charge on any atom is 0.313 e. The number of para-hydroxylation sites is 1. The van der Waals surface area contributed by atoms with Gasteiger partial charge in [-0.3, -0.25) is 4.79 Å². The maximum absolute atomic E-state index is 12.0. The van der Waals surface area contributed by atoms with Gasteiger partial charge in [-0.05, 0) is 25.5 Å². The Kier molecular flexibility index (Phi) is 4.31. The molecule has 1 atom stereocenters. The van der Waals surface area contributed by atoms with E-state index in [1.807, 2.05) is 37.3 Å². The van der Waals surface area contributed by atoms with Crippen LogP contribution in [0.2, 0.25) is 0 Å². The van der Waals surface area contributed by atoms with E-state index in [-0.39, 0.29) is 5.97 Å². The zero-order valence-corrected chi connectivity index (χ0v) is 11.6. The van der Waals surface area contributed by atoms with Crippen LogP contribution in [0.3, 0.4) is 0 Å². The van der Waals surface area contributed by atoms with Crippen molar-refractivity contribution in [1.82, 2.24) is 4.98 Å². The van der Waals surface area contributed by atoms with Crippen LogP contribution in [-0.4, -0.2) is 17.6 Å². The number of nitrogens with zero attached hydrogens (tertiary/aromatic N) is 2. The van der Waals surface area contributed by atoms with E-state index in [0.717, 1.165) is 10.9 Å². The summed E-state index contributed by atoms with van der Waals surface area (Å²) in [6, 6.07) is 11.5. The van der Waals surface area contributed by atoms with Crippen LogP contribution in [0.4, 0.5) is 0 Å². The van der Waals surface area contributed by atoms with Gasteiger partial charge in [0.15, 0.2) is 0 Å². The molecule has 0 fully saturated rings. The molecule has 1 aromatic heterocycles. The number of pyridine rings is 1. The zero-order chi connectivity index (χ0) is 14.5. The third-order valence-electron chi connectivity index (χ3n) is 3.21. The minimum Gasteiger partial charge on any atom is -0.466 e. The Morgan fingerprint density at radius 1 is 1.40 bits per heavy atom. The SMILES string of the molecule is CCOC(=O)C(CC)c1cc2ccccc2nc1C#N. The number of esters is 1. The topological polar surface area (TPSA) is 63.0 Å². The second-order valence-corrected chi connectivity index (χ2v) is 4.44. The van der Waals surface area contributed by atoms with Gasteiger partial charge < -0.3 is 4.74 Å². The molecule has 0 spiro atoms. The van der Waals surface area contributed by atoms with Gasteiger partial charge in [0.05, 0.1) is 18.0 Å². The summed E-state index contributed by atoms with van der Waals surface area (Å²) in [4.78, 5) is 16.4. The number of benzene rings is 1. The number of carbonyl (C=O) groups excluding carboxylic acids is 1. The summed E-state index contributed by atoms with van der Waals surface area (Å²) >= 11 is 0. The fourth-order valence-electron chi connectivity index (χ4n) is 2.24. The minimum atomic E-state index is -0.443.